The fourth-order valence-electron chi connectivity index (χ4n) is 0.670. The largest absolute Gasteiger partial charge is 0.480 e. The van der Waals surface area contributed by atoms with E-state index in [9.17, 15) is 22.8 Å². The molecule has 0 aromatic carbocycles. The van der Waals surface area contributed by atoms with Gasteiger partial charge in [0.15, 0.2) is 0 Å². The van der Waals surface area contributed by atoms with Crippen molar-refractivity contribution in [3.05, 3.63) is 0 Å². The summed E-state index contributed by atoms with van der Waals surface area (Å²) in [5.41, 5.74) is 0. The second kappa shape index (κ2) is 4.50. The highest BCUT2D eigenvalue weighted by molar-refractivity contribution is 5.94. The molecule has 0 spiro atoms. The SMILES string of the molecule is C#CC(=O)N(CC(=O)O)CC(F)(F)F. The van der Waals surface area contributed by atoms with Crippen molar-refractivity contribution < 1.29 is 27.9 Å². The molecule has 0 bridgehead atoms. The summed E-state index contributed by atoms with van der Waals surface area (Å²) in [6.07, 6.45) is -0.0987. The van der Waals surface area contributed by atoms with Crippen molar-refractivity contribution in [2.75, 3.05) is 13.1 Å². The molecule has 0 fully saturated rings. The van der Waals surface area contributed by atoms with Gasteiger partial charge in [0.1, 0.15) is 13.1 Å². The highest BCUT2D eigenvalue weighted by atomic mass is 19.4. The molecule has 0 saturated heterocycles. The molecule has 0 unspecified atom stereocenters. The normalized spacial score (nSPS) is 10.4. The van der Waals surface area contributed by atoms with Crippen molar-refractivity contribution in [3.63, 3.8) is 0 Å². The number of nitrogens with zero attached hydrogens (tertiary/aromatic N) is 1. The van der Waals surface area contributed by atoms with Gasteiger partial charge in [-0.15, -0.1) is 6.42 Å². The second-order valence-electron chi connectivity index (χ2n) is 2.31. The van der Waals surface area contributed by atoms with Gasteiger partial charge in [-0.2, -0.15) is 13.2 Å². The highest BCUT2D eigenvalue weighted by Crippen LogP contribution is 2.16. The van der Waals surface area contributed by atoms with Crippen molar-refractivity contribution in [1.29, 1.82) is 0 Å². The first kappa shape index (κ1) is 12.3. The molecule has 4 nitrogen and oxygen atoms in total. The van der Waals surface area contributed by atoms with Crippen LogP contribution < -0.4 is 0 Å². The Morgan fingerprint density at radius 3 is 2.21 bits per heavy atom. The molecule has 0 aliphatic heterocycles. The fourth-order valence-corrected chi connectivity index (χ4v) is 0.670. The fraction of sp³-hybridized carbons (Fsp3) is 0.429. The van der Waals surface area contributed by atoms with Gasteiger partial charge in [0.25, 0.3) is 5.91 Å². The first-order valence-corrected chi connectivity index (χ1v) is 3.30. The van der Waals surface area contributed by atoms with Gasteiger partial charge in [-0.05, 0) is 5.92 Å². The number of alkyl halides is 3. The third-order valence-electron chi connectivity index (χ3n) is 1.11. The summed E-state index contributed by atoms with van der Waals surface area (Å²) < 4.78 is 35.4. The van der Waals surface area contributed by atoms with Gasteiger partial charge in [-0.25, -0.2) is 0 Å². The molecule has 1 N–H and O–H groups in total. The van der Waals surface area contributed by atoms with Gasteiger partial charge >= 0.3 is 12.1 Å². The van der Waals surface area contributed by atoms with Crippen molar-refractivity contribution in [1.82, 2.24) is 4.90 Å². The average molecular weight is 209 g/mol. The van der Waals surface area contributed by atoms with Crippen LogP contribution in [0.5, 0.6) is 0 Å². The number of amides is 1. The number of aliphatic carboxylic acids is 1. The molecular formula is C7H6F3NO3. The smallest absolute Gasteiger partial charge is 0.406 e. The lowest BCUT2D eigenvalue weighted by Crippen LogP contribution is -2.41. The number of carboxylic acid groups (broad SMARTS) is 1. The minimum Gasteiger partial charge on any atom is -0.480 e. The Balaban J connectivity index is 4.50. The number of carboxylic acids is 1. The lowest BCUT2D eigenvalue weighted by Gasteiger charge is -2.19. The van der Waals surface area contributed by atoms with E-state index in [1.165, 1.54) is 5.92 Å². The van der Waals surface area contributed by atoms with E-state index in [0.29, 0.717) is 0 Å². The van der Waals surface area contributed by atoms with Crippen LogP contribution in [-0.2, 0) is 9.59 Å². The summed E-state index contributed by atoms with van der Waals surface area (Å²) in [5.74, 6) is -1.44. The van der Waals surface area contributed by atoms with Crippen LogP contribution in [0.1, 0.15) is 0 Å². The molecule has 78 valence electrons. The lowest BCUT2D eigenvalue weighted by molar-refractivity contribution is -0.162. The van der Waals surface area contributed by atoms with E-state index in [0.717, 1.165) is 0 Å². The number of carbonyl (C=O) groups is 2. The van der Waals surface area contributed by atoms with Crippen LogP contribution in [0, 0.1) is 12.3 Å². The molecule has 0 heterocycles. The van der Waals surface area contributed by atoms with E-state index in [-0.39, 0.29) is 4.90 Å². The Bertz CT molecular complexity index is 279. The van der Waals surface area contributed by atoms with E-state index >= 15 is 0 Å². The molecule has 0 saturated carbocycles. The topological polar surface area (TPSA) is 57.6 Å². The Morgan fingerprint density at radius 2 is 1.93 bits per heavy atom. The number of hydrogen-bond acceptors (Lipinski definition) is 2. The molecule has 0 radical (unpaired) electrons. The maximum Gasteiger partial charge on any atom is 0.406 e. The maximum absolute atomic E-state index is 11.8. The molecular weight excluding hydrogens is 203 g/mol. The molecule has 14 heavy (non-hydrogen) atoms. The quantitative estimate of drug-likeness (QED) is 0.670. The Morgan fingerprint density at radius 1 is 1.43 bits per heavy atom. The van der Waals surface area contributed by atoms with Gasteiger partial charge in [0, 0.05) is 0 Å². The van der Waals surface area contributed by atoms with Gasteiger partial charge < -0.3 is 10.0 Å². The summed E-state index contributed by atoms with van der Waals surface area (Å²) >= 11 is 0. The zero-order valence-corrected chi connectivity index (χ0v) is 6.84. The van der Waals surface area contributed by atoms with Crippen LogP contribution in [0.4, 0.5) is 13.2 Å². The zero-order chi connectivity index (χ0) is 11.4. The Hall–Kier alpha value is -1.71. The predicted octanol–water partition coefficient (Wildman–Crippen LogP) is 0.0951. The first-order valence-electron chi connectivity index (χ1n) is 3.30. The van der Waals surface area contributed by atoms with E-state index in [2.05, 4.69) is 6.42 Å². The standard InChI is InChI=1S/C7H6F3NO3/c1-2-5(12)11(3-6(13)14)4-7(8,9)10/h1H,3-4H2,(H,13,14). The summed E-state index contributed by atoms with van der Waals surface area (Å²) in [6, 6.07) is 0. The van der Waals surface area contributed by atoms with Crippen molar-refractivity contribution in [2.24, 2.45) is 0 Å². The Labute approximate surface area is 77.3 Å². The average Bonchev–Trinajstić information content (AvgIpc) is 1.98. The van der Waals surface area contributed by atoms with Crippen LogP contribution in [0.15, 0.2) is 0 Å². The van der Waals surface area contributed by atoms with Crippen LogP contribution >= 0.6 is 0 Å². The van der Waals surface area contributed by atoms with Crippen LogP contribution in [0.2, 0.25) is 0 Å². The van der Waals surface area contributed by atoms with Gasteiger partial charge in [0.05, 0.1) is 0 Å². The summed E-state index contributed by atoms with van der Waals surface area (Å²) in [5, 5.41) is 8.20. The van der Waals surface area contributed by atoms with Crippen LogP contribution in [0.3, 0.4) is 0 Å². The molecule has 1 amide bonds. The van der Waals surface area contributed by atoms with Crippen molar-refractivity contribution in [2.45, 2.75) is 6.18 Å². The minimum atomic E-state index is -4.66. The minimum absolute atomic E-state index is 0.0301. The molecule has 0 aliphatic rings. The van der Waals surface area contributed by atoms with E-state index < -0.39 is 31.1 Å². The van der Waals surface area contributed by atoms with E-state index in [1.807, 2.05) is 0 Å². The predicted molar refractivity (Wildman–Crippen MR) is 39.1 cm³/mol. The van der Waals surface area contributed by atoms with Gasteiger partial charge in [-0.1, -0.05) is 0 Å². The van der Waals surface area contributed by atoms with Crippen LogP contribution in [0.25, 0.3) is 0 Å². The van der Waals surface area contributed by atoms with Crippen molar-refractivity contribution in [3.8, 4) is 12.3 Å². The van der Waals surface area contributed by atoms with E-state index in [1.54, 1.807) is 0 Å². The molecule has 0 aliphatic carbocycles. The van der Waals surface area contributed by atoms with Crippen molar-refractivity contribution >= 4 is 11.9 Å². The monoisotopic (exact) mass is 209 g/mol. The van der Waals surface area contributed by atoms with Gasteiger partial charge in [0.2, 0.25) is 0 Å². The van der Waals surface area contributed by atoms with Crippen LogP contribution in [-0.4, -0.2) is 41.1 Å². The number of hydrogen-bond donors (Lipinski definition) is 1. The lowest BCUT2D eigenvalue weighted by atomic mass is 10.4. The zero-order valence-electron chi connectivity index (χ0n) is 6.84. The molecule has 0 aromatic heterocycles. The number of halogens is 3. The first-order chi connectivity index (χ1) is 6.26. The summed E-state index contributed by atoms with van der Waals surface area (Å²) in [6.45, 7) is -2.73. The van der Waals surface area contributed by atoms with E-state index in [4.69, 9.17) is 5.11 Å². The summed E-state index contributed by atoms with van der Waals surface area (Å²) in [7, 11) is 0. The third kappa shape index (κ3) is 5.03. The summed E-state index contributed by atoms with van der Waals surface area (Å²) in [4.78, 5) is 20.8. The molecule has 0 rings (SSSR count). The molecule has 0 aromatic rings. The number of carbonyl (C=O) groups excluding carboxylic acids is 1. The maximum atomic E-state index is 11.8. The highest BCUT2D eigenvalue weighted by Gasteiger charge is 2.33. The molecule has 0 atom stereocenters. The third-order valence-corrected chi connectivity index (χ3v) is 1.11. The van der Waals surface area contributed by atoms with Gasteiger partial charge in [-0.3, -0.25) is 9.59 Å². The molecule has 7 heteroatoms. The Kier molecular flexibility index (Phi) is 3.95. The number of terminal acetylenes is 1. The number of rotatable bonds is 3. The second-order valence-corrected chi connectivity index (χ2v) is 2.31.